The van der Waals surface area contributed by atoms with Crippen molar-refractivity contribution in [3.63, 3.8) is 0 Å². The van der Waals surface area contributed by atoms with Crippen molar-refractivity contribution in [3.05, 3.63) is 58.0 Å². The van der Waals surface area contributed by atoms with Gasteiger partial charge in [-0.25, -0.2) is 0 Å². The van der Waals surface area contributed by atoms with E-state index in [2.05, 4.69) is 5.32 Å². The molecule has 1 aromatic heterocycles. The van der Waals surface area contributed by atoms with Gasteiger partial charge in [0.2, 0.25) is 5.91 Å². The number of methoxy groups -OCH3 is 1. The third kappa shape index (κ3) is 4.62. The summed E-state index contributed by atoms with van der Waals surface area (Å²) in [6.07, 6.45) is 0. The number of carbonyl (C=O) groups is 1. The van der Waals surface area contributed by atoms with Gasteiger partial charge in [0.15, 0.2) is 0 Å². The fourth-order valence-corrected chi connectivity index (χ4v) is 2.58. The zero-order valence-electron chi connectivity index (χ0n) is 15.0. The van der Waals surface area contributed by atoms with Gasteiger partial charge >= 0.3 is 0 Å². The van der Waals surface area contributed by atoms with Crippen molar-refractivity contribution in [2.24, 2.45) is 0 Å². The quantitative estimate of drug-likeness (QED) is 0.839. The lowest BCUT2D eigenvalue weighted by molar-refractivity contribution is -0.122. The third-order valence-electron chi connectivity index (χ3n) is 4.22. The number of hydrogen-bond acceptors (Lipinski definition) is 4. The molecule has 2 rings (SSSR count). The smallest absolute Gasteiger partial charge is 0.254 e. The summed E-state index contributed by atoms with van der Waals surface area (Å²) in [5.74, 6) is 0.433. The minimum atomic E-state index is -0.401. The minimum absolute atomic E-state index is 0.0797. The molecule has 0 spiro atoms. The molecular formula is C19H24N2O4. The number of hydrogen-bond donors (Lipinski definition) is 2. The van der Waals surface area contributed by atoms with Crippen LogP contribution in [0.15, 0.2) is 41.2 Å². The third-order valence-corrected chi connectivity index (χ3v) is 4.22. The molecule has 0 aliphatic heterocycles. The number of aromatic hydroxyl groups is 1. The summed E-state index contributed by atoms with van der Waals surface area (Å²) in [7, 11) is 1.62. The molecule has 0 bridgehead atoms. The van der Waals surface area contributed by atoms with E-state index in [1.165, 1.54) is 10.6 Å². The normalized spacial score (nSPS) is 11.2. The molecule has 1 aromatic carbocycles. The molecule has 0 saturated carbocycles. The molecular weight excluding hydrogens is 320 g/mol. The topological polar surface area (TPSA) is 80.6 Å². The predicted octanol–water partition coefficient (Wildman–Crippen LogP) is 1.96. The molecule has 1 amide bonds. The molecule has 0 aliphatic rings. The first-order chi connectivity index (χ1) is 11.7. The highest BCUT2D eigenvalue weighted by atomic mass is 16.5. The summed E-state index contributed by atoms with van der Waals surface area (Å²) in [6, 6.07) is 10.3. The number of benzene rings is 1. The van der Waals surface area contributed by atoms with Gasteiger partial charge < -0.3 is 19.7 Å². The number of pyridine rings is 1. The second kappa shape index (κ2) is 7.42. The van der Waals surface area contributed by atoms with E-state index >= 15 is 0 Å². The second-order valence-corrected chi connectivity index (χ2v) is 6.67. The zero-order valence-corrected chi connectivity index (χ0v) is 15.0. The summed E-state index contributed by atoms with van der Waals surface area (Å²) in [4.78, 5) is 24.1. The van der Waals surface area contributed by atoms with Crippen molar-refractivity contribution < 1.29 is 14.6 Å². The van der Waals surface area contributed by atoms with Crippen LogP contribution in [0, 0.1) is 6.92 Å². The van der Waals surface area contributed by atoms with Gasteiger partial charge in [0, 0.05) is 23.7 Å². The molecule has 0 aliphatic carbocycles. The van der Waals surface area contributed by atoms with Crippen LogP contribution >= 0.6 is 0 Å². The lowest BCUT2D eigenvalue weighted by Gasteiger charge is -2.26. The number of amides is 1. The summed E-state index contributed by atoms with van der Waals surface area (Å²) in [6.45, 7) is 6.10. The Morgan fingerprint density at radius 2 is 1.88 bits per heavy atom. The lowest BCUT2D eigenvalue weighted by atomic mass is 9.84. The number of aromatic nitrogens is 1. The van der Waals surface area contributed by atoms with Gasteiger partial charge in [0.1, 0.15) is 18.0 Å². The largest absolute Gasteiger partial charge is 0.508 e. The fourth-order valence-electron chi connectivity index (χ4n) is 2.58. The Hall–Kier alpha value is -2.76. The Labute approximate surface area is 147 Å². The van der Waals surface area contributed by atoms with Gasteiger partial charge in [-0.1, -0.05) is 26.0 Å². The number of ether oxygens (including phenoxy) is 1. The Balaban J connectivity index is 2.02. The first kappa shape index (κ1) is 18.6. The maximum absolute atomic E-state index is 12.2. The van der Waals surface area contributed by atoms with Crippen LogP contribution in [0.2, 0.25) is 0 Å². The first-order valence-corrected chi connectivity index (χ1v) is 8.04. The van der Waals surface area contributed by atoms with Crippen molar-refractivity contribution in [2.45, 2.75) is 32.7 Å². The maximum atomic E-state index is 12.2. The predicted molar refractivity (Wildman–Crippen MR) is 96.1 cm³/mol. The fraction of sp³-hybridized carbons (Fsp3) is 0.368. The zero-order chi connectivity index (χ0) is 18.6. The number of carbonyl (C=O) groups excluding carboxylic acids is 1. The van der Waals surface area contributed by atoms with Crippen LogP contribution in [0.4, 0.5) is 0 Å². The first-order valence-electron chi connectivity index (χ1n) is 8.04. The van der Waals surface area contributed by atoms with Gasteiger partial charge in [-0.2, -0.15) is 0 Å². The average molecular weight is 344 g/mol. The van der Waals surface area contributed by atoms with Crippen molar-refractivity contribution in [1.82, 2.24) is 9.88 Å². The molecule has 0 fully saturated rings. The Kier molecular flexibility index (Phi) is 5.51. The van der Waals surface area contributed by atoms with E-state index in [1.54, 1.807) is 14.0 Å². The molecule has 0 unspecified atom stereocenters. The minimum Gasteiger partial charge on any atom is -0.508 e. The molecule has 0 saturated heterocycles. The standard InChI is InChI=1S/C19H24N2O4/c1-13-9-15(22)10-18(24)21(13)11-17(23)20-12-19(2,3)14-5-7-16(25-4)8-6-14/h5-10,22H,11-12H2,1-4H3,(H,20,23). The van der Waals surface area contributed by atoms with E-state index in [0.717, 1.165) is 17.4 Å². The van der Waals surface area contributed by atoms with E-state index in [4.69, 9.17) is 4.74 Å². The van der Waals surface area contributed by atoms with Gasteiger partial charge in [0.05, 0.1) is 7.11 Å². The van der Waals surface area contributed by atoms with E-state index in [-0.39, 0.29) is 23.6 Å². The number of nitrogens with zero attached hydrogens (tertiary/aromatic N) is 1. The van der Waals surface area contributed by atoms with E-state index in [1.807, 2.05) is 38.1 Å². The molecule has 6 heteroatoms. The Morgan fingerprint density at radius 1 is 1.24 bits per heavy atom. The Morgan fingerprint density at radius 3 is 2.44 bits per heavy atom. The van der Waals surface area contributed by atoms with Crippen LogP contribution in [0.5, 0.6) is 11.5 Å². The lowest BCUT2D eigenvalue weighted by Crippen LogP contribution is -2.39. The maximum Gasteiger partial charge on any atom is 0.254 e. The van der Waals surface area contributed by atoms with Gasteiger partial charge in [-0.05, 0) is 30.7 Å². The molecule has 0 radical (unpaired) electrons. The Bertz CT molecular complexity index is 807. The highest BCUT2D eigenvalue weighted by Gasteiger charge is 2.21. The molecule has 2 aromatic rings. The van der Waals surface area contributed by atoms with Crippen LogP contribution < -0.4 is 15.6 Å². The average Bonchev–Trinajstić information content (AvgIpc) is 2.56. The highest BCUT2D eigenvalue weighted by Crippen LogP contribution is 2.24. The summed E-state index contributed by atoms with van der Waals surface area (Å²) in [5, 5.41) is 12.3. The molecule has 134 valence electrons. The highest BCUT2D eigenvalue weighted by molar-refractivity contribution is 5.76. The van der Waals surface area contributed by atoms with Crippen LogP contribution in [0.3, 0.4) is 0 Å². The van der Waals surface area contributed by atoms with E-state index in [9.17, 15) is 14.7 Å². The van der Waals surface area contributed by atoms with Crippen LogP contribution in [-0.2, 0) is 16.8 Å². The van der Waals surface area contributed by atoms with Crippen molar-refractivity contribution in [3.8, 4) is 11.5 Å². The number of aryl methyl sites for hydroxylation is 1. The van der Waals surface area contributed by atoms with Crippen molar-refractivity contribution in [2.75, 3.05) is 13.7 Å². The van der Waals surface area contributed by atoms with Crippen LogP contribution in [0.25, 0.3) is 0 Å². The van der Waals surface area contributed by atoms with Crippen molar-refractivity contribution in [1.29, 1.82) is 0 Å². The number of nitrogens with one attached hydrogen (secondary N) is 1. The van der Waals surface area contributed by atoms with Crippen molar-refractivity contribution >= 4 is 5.91 Å². The van der Waals surface area contributed by atoms with Gasteiger partial charge in [-0.15, -0.1) is 0 Å². The monoisotopic (exact) mass is 344 g/mol. The summed E-state index contributed by atoms with van der Waals surface area (Å²) >= 11 is 0. The molecule has 1 heterocycles. The molecule has 25 heavy (non-hydrogen) atoms. The van der Waals surface area contributed by atoms with E-state index in [0.29, 0.717) is 12.2 Å². The van der Waals surface area contributed by atoms with Crippen LogP contribution in [0.1, 0.15) is 25.1 Å². The summed E-state index contributed by atoms with van der Waals surface area (Å²) < 4.78 is 6.49. The second-order valence-electron chi connectivity index (χ2n) is 6.67. The number of rotatable bonds is 6. The molecule has 6 nitrogen and oxygen atoms in total. The molecule has 2 N–H and O–H groups in total. The van der Waals surface area contributed by atoms with Gasteiger partial charge in [0.25, 0.3) is 5.56 Å². The van der Waals surface area contributed by atoms with Gasteiger partial charge in [-0.3, -0.25) is 9.59 Å². The van der Waals surface area contributed by atoms with Crippen LogP contribution in [-0.4, -0.2) is 29.2 Å². The SMILES string of the molecule is COc1ccc(C(C)(C)CNC(=O)Cn2c(C)cc(O)cc2=O)cc1. The molecule has 0 atom stereocenters. The summed E-state index contributed by atoms with van der Waals surface area (Å²) in [5.41, 5.74) is 0.944. The van der Waals surface area contributed by atoms with E-state index < -0.39 is 5.56 Å².